The maximum Gasteiger partial charge on any atom is 0.509 e. The molecule has 1 unspecified atom stereocenters. The molecule has 1 aromatic carbocycles. The van der Waals surface area contributed by atoms with Crippen LogP contribution in [-0.2, 0) is 51.0 Å². The summed E-state index contributed by atoms with van der Waals surface area (Å²) >= 11 is 0. The molecule has 3 aliphatic heterocycles. The van der Waals surface area contributed by atoms with Crippen molar-refractivity contribution in [3.05, 3.63) is 36.0 Å². The van der Waals surface area contributed by atoms with Crippen LogP contribution in [-0.4, -0.2) is 153 Å². The molecule has 4 heterocycles. The molecule has 0 radical (unpaired) electrons. The zero-order valence-electron chi connectivity index (χ0n) is 40.9. The number of unbranched alkanes of at least 4 members (excludes halogenated alkanes) is 2. The van der Waals surface area contributed by atoms with Gasteiger partial charge in [0.05, 0.1) is 29.9 Å². The van der Waals surface area contributed by atoms with Gasteiger partial charge in [-0.05, 0) is 99.3 Å². The summed E-state index contributed by atoms with van der Waals surface area (Å²) in [5, 5.41) is 32.5. The van der Waals surface area contributed by atoms with Crippen LogP contribution >= 0.6 is 0 Å². The smallest absolute Gasteiger partial charge is 0.458 e. The third-order valence-electron chi connectivity index (χ3n) is 13.6. The van der Waals surface area contributed by atoms with Gasteiger partial charge in [0.2, 0.25) is 0 Å². The number of nitrogens with one attached hydrogen (secondary N) is 2. The number of carbonyl (C=O) groups excluding carboxylic acids is 4. The van der Waals surface area contributed by atoms with Crippen molar-refractivity contribution in [1.29, 1.82) is 0 Å². The number of amides is 2. The Labute approximate surface area is 389 Å². The molecule has 370 valence electrons. The number of esters is 1. The molecule has 4 N–H and O–H groups in total. The van der Waals surface area contributed by atoms with Gasteiger partial charge in [0.1, 0.15) is 30.6 Å². The fourth-order valence-electron chi connectivity index (χ4n) is 9.93. The Morgan fingerprint density at radius 2 is 1.71 bits per heavy atom. The molecule has 0 saturated carbocycles. The molecule has 2 amide bonds. The van der Waals surface area contributed by atoms with Crippen molar-refractivity contribution in [3.63, 3.8) is 0 Å². The summed E-state index contributed by atoms with van der Waals surface area (Å²) in [5.41, 5.74) is 4.19. The van der Waals surface area contributed by atoms with Gasteiger partial charge in [0.15, 0.2) is 18.0 Å². The number of benzene rings is 1. The summed E-state index contributed by atoms with van der Waals surface area (Å²) < 4.78 is 37.9. The standard InChI is InChI=1S/C47H75N7O12/c1-13-15-16-17-32-18-20-33(21-19-32)34-25-54(51-48-34)26-37(55)49-50-44(58)63-39-29(5)40(64-43-38(56)35(52(10)11)22-28(4)61-43)46(8,60)23-27(3)24-53(12)31(7)41-47(9,66-45(59)65-41)36(14-2)62-42(57)30(39)6/h18-21,25,27-31,35-36,38-41,43,56,60H,13-17,22-24,26H2,1-12H3,(H,49,55)(H,50,58)/t27-,28+,29+,30-,31-,35-,36-,38+,39+,40-,41?,43-,46-,47+/m1/s1. The van der Waals surface area contributed by atoms with E-state index in [1.165, 1.54) is 23.6 Å². The lowest BCUT2D eigenvalue weighted by Crippen LogP contribution is -2.59. The van der Waals surface area contributed by atoms with E-state index in [0.717, 1.165) is 24.8 Å². The van der Waals surface area contributed by atoms with E-state index in [1.54, 1.807) is 33.9 Å². The number of rotatable bonds is 12. The number of hydrazine groups is 1. The van der Waals surface area contributed by atoms with E-state index in [0.29, 0.717) is 18.7 Å². The van der Waals surface area contributed by atoms with Crippen LogP contribution in [0.1, 0.15) is 106 Å². The summed E-state index contributed by atoms with van der Waals surface area (Å²) in [5.74, 6) is -3.87. The van der Waals surface area contributed by atoms with Crippen molar-refractivity contribution in [2.75, 3.05) is 27.7 Å². The van der Waals surface area contributed by atoms with Gasteiger partial charge in [-0.3, -0.25) is 19.9 Å². The van der Waals surface area contributed by atoms with E-state index in [9.17, 15) is 29.4 Å². The summed E-state index contributed by atoms with van der Waals surface area (Å²) in [6, 6.07) is 7.29. The van der Waals surface area contributed by atoms with Crippen LogP contribution in [0.3, 0.4) is 0 Å². The van der Waals surface area contributed by atoms with Crippen molar-refractivity contribution in [3.8, 4) is 11.3 Å². The summed E-state index contributed by atoms with van der Waals surface area (Å²) in [6.45, 7) is 16.3. The first-order valence-electron chi connectivity index (χ1n) is 23.5. The quantitative estimate of drug-likeness (QED) is 0.0987. The van der Waals surface area contributed by atoms with E-state index in [2.05, 4.69) is 40.2 Å². The molecule has 19 nitrogen and oxygen atoms in total. The zero-order chi connectivity index (χ0) is 48.7. The van der Waals surface area contributed by atoms with E-state index < -0.39 is 90.0 Å². The number of likely N-dealkylation sites (N-methyl/N-ethyl adjacent to an activating group) is 2. The Balaban J connectivity index is 1.41. The van der Waals surface area contributed by atoms with Crippen LogP contribution in [0.2, 0.25) is 0 Å². The predicted molar refractivity (Wildman–Crippen MR) is 242 cm³/mol. The van der Waals surface area contributed by atoms with Gasteiger partial charge in [-0.25, -0.2) is 19.7 Å². The minimum Gasteiger partial charge on any atom is -0.458 e. The SMILES string of the molecule is CCCCCc1ccc(-c2cn(CC(=O)NNC(=O)O[C@H]3[C@H](C)[C@@H](O[C@H]4O[C@@H](C)C[C@@H](N(C)C)[C@@H]4O)[C@](C)(O)C[C@@H](C)CN(C)[C@H](C)C4OC(=O)O[C@@]4(C)[C@@H](CC)OC(=O)[C@@H]3C)nn2)cc1. The molecule has 3 aliphatic rings. The fraction of sp³-hybridized carbons (Fsp3) is 0.745. The molecule has 3 fully saturated rings. The summed E-state index contributed by atoms with van der Waals surface area (Å²) in [6.07, 6.45) is -2.12. The molecular weight excluding hydrogens is 855 g/mol. The van der Waals surface area contributed by atoms with Crippen LogP contribution in [0.5, 0.6) is 0 Å². The number of hydrogen-bond donors (Lipinski definition) is 4. The number of aliphatic hydroxyl groups is 2. The molecule has 1 aromatic heterocycles. The van der Waals surface area contributed by atoms with Crippen molar-refractivity contribution in [2.24, 2.45) is 17.8 Å². The highest BCUT2D eigenvalue weighted by atomic mass is 16.8. The number of aryl methyl sites for hydroxylation is 1. The second-order valence-corrected chi connectivity index (χ2v) is 19.5. The number of nitrogens with zero attached hydrogens (tertiary/aromatic N) is 5. The molecule has 5 rings (SSSR count). The van der Waals surface area contributed by atoms with Crippen molar-refractivity contribution >= 4 is 24.1 Å². The van der Waals surface area contributed by atoms with Crippen LogP contribution in [0.4, 0.5) is 9.59 Å². The van der Waals surface area contributed by atoms with E-state index in [4.69, 9.17) is 28.4 Å². The van der Waals surface area contributed by atoms with E-state index >= 15 is 0 Å². The highest BCUT2D eigenvalue weighted by molar-refractivity contribution is 5.79. The summed E-state index contributed by atoms with van der Waals surface area (Å²) in [4.78, 5) is 57.9. The summed E-state index contributed by atoms with van der Waals surface area (Å²) in [7, 11) is 5.57. The maximum absolute atomic E-state index is 14.4. The van der Waals surface area contributed by atoms with Gasteiger partial charge in [-0.1, -0.05) is 70.0 Å². The van der Waals surface area contributed by atoms with Crippen LogP contribution < -0.4 is 10.9 Å². The monoisotopic (exact) mass is 930 g/mol. The van der Waals surface area contributed by atoms with Crippen molar-refractivity contribution in [2.45, 2.75) is 180 Å². The van der Waals surface area contributed by atoms with Crippen LogP contribution in [0, 0.1) is 17.8 Å². The fourth-order valence-corrected chi connectivity index (χ4v) is 9.93. The lowest BCUT2D eigenvalue weighted by atomic mass is 9.77. The number of carbonyl (C=O) groups is 4. The van der Waals surface area contributed by atoms with Gasteiger partial charge in [0.25, 0.3) is 5.91 Å². The van der Waals surface area contributed by atoms with Crippen LogP contribution in [0.25, 0.3) is 11.3 Å². The van der Waals surface area contributed by atoms with Gasteiger partial charge in [-0.15, -0.1) is 5.10 Å². The predicted octanol–water partition coefficient (Wildman–Crippen LogP) is 4.61. The molecule has 2 aromatic rings. The lowest BCUT2D eigenvalue weighted by molar-refractivity contribution is -0.299. The number of hydrogen-bond acceptors (Lipinski definition) is 16. The average molecular weight is 930 g/mol. The Hall–Kier alpha value is -4.40. The molecule has 19 heteroatoms. The molecule has 0 aliphatic carbocycles. The second-order valence-electron chi connectivity index (χ2n) is 19.5. The molecule has 0 bridgehead atoms. The molecular formula is C47H75N7O12. The van der Waals surface area contributed by atoms with Crippen LogP contribution in [0.15, 0.2) is 30.5 Å². The Morgan fingerprint density at radius 3 is 2.36 bits per heavy atom. The third-order valence-corrected chi connectivity index (χ3v) is 13.6. The number of fused-ring (bicyclic) bond motifs is 1. The van der Waals surface area contributed by atoms with Gasteiger partial charge in [0, 0.05) is 30.1 Å². The minimum atomic E-state index is -1.69. The Morgan fingerprint density at radius 1 is 1.02 bits per heavy atom. The molecule has 66 heavy (non-hydrogen) atoms. The zero-order valence-corrected chi connectivity index (χ0v) is 40.9. The number of cyclic esters (lactones) is 1. The van der Waals surface area contributed by atoms with Crippen molar-refractivity contribution < 1.29 is 57.8 Å². The Bertz CT molecular complexity index is 1930. The number of aliphatic hydroxyl groups excluding tert-OH is 1. The van der Waals surface area contributed by atoms with E-state index in [1.807, 2.05) is 63.8 Å². The molecule has 3 saturated heterocycles. The first kappa shape index (κ1) is 52.6. The van der Waals surface area contributed by atoms with E-state index in [-0.39, 0.29) is 37.5 Å². The Kier molecular flexibility index (Phi) is 18.0. The molecule has 14 atom stereocenters. The number of aromatic nitrogens is 3. The largest absolute Gasteiger partial charge is 0.509 e. The minimum absolute atomic E-state index is 0.145. The molecule has 0 spiro atoms. The van der Waals surface area contributed by atoms with Crippen molar-refractivity contribution in [1.82, 2.24) is 35.6 Å². The average Bonchev–Trinajstić information content (AvgIpc) is 3.85. The second kappa shape index (κ2) is 22.6. The first-order chi connectivity index (χ1) is 31.1. The van der Waals surface area contributed by atoms with Gasteiger partial charge >= 0.3 is 18.2 Å². The first-order valence-corrected chi connectivity index (χ1v) is 23.5. The maximum atomic E-state index is 14.4. The number of ether oxygens (including phenoxy) is 6. The topological polar surface area (TPSA) is 225 Å². The highest BCUT2D eigenvalue weighted by Gasteiger charge is 2.58. The normalized spacial score (nSPS) is 34.8. The van der Waals surface area contributed by atoms with Gasteiger partial charge < -0.3 is 43.5 Å². The van der Waals surface area contributed by atoms with Gasteiger partial charge in [-0.2, -0.15) is 0 Å². The third kappa shape index (κ3) is 12.8. The lowest BCUT2D eigenvalue weighted by Gasteiger charge is -2.47. The highest BCUT2D eigenvalue weighted by Crippen LogP contribution is 2.40.